The first-order valence-corrected chi connectivity index (χ1v) is 8.94. The summed E-state index contributed by atoms with van der Waals surface area (Å²) in [4.78, 5) is 11.7. The summed E-state index contributed by atoms with van der Waals surface area (Å²) in [7, 11) is 3.28. The number of rotatable bonds is 8. The molecule has 7 heteroatoms. The zero-order valence-electron chi connectivity index (χ0n) is 16.6. The van der Waals surface area contributed by atoms with Gasteiger partial charge in [0.15, 0.2) is 5.60 Å². The minimum atomic E-state index is -1.18. The smallest absolute Gasteiger partial charge is 0.261 e. The Morgan fingerprint density at radius 2 is 1.93 bits per heavy atom. The van der Waals surface area contributed by atoms with E-state index in [-0.39, 0.29) is 0 Å². The molecule has 1 amide bonds. The maximum absolute atomic E-state index is 11.7. The van der Waals surface area contributed by atoms with Gasteiger partial charge in [0.05, 0.1) is 31.2 Å². The molecule has 0 spiro atoms. The third-order valence-corrected chi connectivity index (χ3v) is 4.50. The van der Waals surface area contributed by atoms with Gasteiger partial charge in [0.1, 0.15) is 5.75 Å². The molecule has 28 heavy (non-hydrogen) atoms. The van der Waals surface area contributed by atoms with Crippen molar-refractivity contribution in [3.8, 4) is 11.6 Å². The lowest BCUT2D eigenvalue weighted by molar-refractivity contribution is -0.130. The second-order valence-electron chi connectivity index (χ2n) is 7.08. The van der Waals surface area contributed by atoms with Crippen molar-refractivity contribution in [2.45, 2.75) is 32.6 Å². The first-order chi connectivity index (χ1) is 13.3. The van der Waals surface area contributed by atoms with Gasteiger partial charge in [0, 0.05) is 7.11 Å². The van der Waals surface area contributed by atoms with E-state index in [9.17, 15) is 4.79 Å². The predicted octanol–water partition coefficient (Wildman–Crippen LogP) is 2.88. The van der Waals surface area contributed by atoms with E-state index in [1.165, 1.54) is 0 Å². The molecule has 0 radical (unpaired) electrons. The number of hydrogen-bond donors (Lipinski definition) is 1. The lowest BCUT2D eigenvalue weighted by atomic mass is 10.1. The van der Waals surface area contributed by atoms with Crippen molar-refractivity contribution in [2.75, 3.05) is 14.2 Å². The molecule has 0 unspecified atom stereocenters. The largest absolute Gasteiger partial charge is 0.497 e. The molecule has 2 aromatic carbocycles. The van der Waals surface area contributed by atoms with Gasteiger partial charge in [0.25, 0.3) is 5.91 Å². The van der Waals surface area contributed by atoms with Crippen LogP contribution in [0.1, 0.15) is 25.0 Å². The minimum absolute atomic E-state index is 0.361. The maximum atomic E-state index is 11.7. The van der Waals surface area contributed by atoms with Gasteiger partial charge >= 0.3 is 0 Å². The Bertz CT molecular complexity index is 994. The fourth-order valence-electron chi connectivity index (χ4n) is 2.89. The van der Waals surface area contributed by atoms with Crippen molar-refractivity contribution in [1.29, 1.82) is 0 Å². The van der Waals surface area contributed by atoms with E-state index in [4.69, 9.17) is 19.9 Å². The van der Waals surface area contributed by atoms with Gasteiger partial charge in [0.2, 0.25) is 5.88 Å². The zero-order chi connectivity index (χ0) is 20.3. The van der Waals surface area contributed by atoms with Crippen molar-refractivity contribution in [2.24, 2.45) is 5.73 Å². The number of carbonyl (C=O) groups is 1. The minimum Gasteiger partial charge on any atom is -0.497 e. The number of methoxy groups -OCH3 is 2. The SMILES string of the molecule is COCc1ccc2c(c1)c(OC(C)(C)C(N)=O)nn2Cc1cccc(OC)c1. The summed E-state index contributed by atoms with van der Waals surface area (Å²) in [6.45, 7) is 4.25. The number of carbonyl (C=O) groups excluding carboxylic acids is 1. The quantitative estimate of drug-likeness (QED) is 0.646. The monoisotopic (exact) mass is 383 g/mol. The van der Waals surface area contributed by atoms with E-state index in [1.807, 2.05) is 47.1 Å². The van der Waals surface area contributed by atoms with Crippen LogP contribution in [0, 0.1) is 0 Å². The highest BCUT2D eigenvalue weighted by Crippen LogP contribution is 2.30. The normalized spacial score (nSPS) is 11.6. The molecule has 3 aromatic rings. The van der Waals surface area contributed by atoms with Gasteiger partial charge in [-0.15, -0.1) is 5.10 Å². The van der Waals surface area contributed by atoms with Crippen LogP contribution >= 0.6 is 0 Å². The average Bonchev–Trinajstić information content (AvgIpc) is 2.98. The van der Waals surface area contributed by atoms with Gasteiger partial charge < -0.3 is 19.9 Å². The maximum Gasteiger partial charge on any atom is 0.261 e. The Balaban J connectivity index is 2.05. The standard InChI is InChI=1S/C21H25N3O4/c1-21(2,20(22)25)28-19-17-11-15(13-26-3)8-9-18(17)24(23-19)12-14-6-5-7-16(10-14)27-4/h5-11H,12-13H2,1-4H3,(H2,22,25). The summed E-state index contributed by atoms with van der Waals surface area (Å²) in [5.74, 6) is 0.582. The van der Waals surface area contributed by atoms with E-state index in [0.29, 0.717) is 19.0 Å². The summed E-state index contributed by atoms with van der Waals surface area (Å²) in [6, 6.07) is 13.7. The molecule has 0 aliphatic carbocycles. The van der Waals surface area contributed by atoms with Crippen LogP contribution in [0.4, 0.5) is 0 Å². The highest BCUT2D eigenvalue weighted by atomic mass is 16.5. The van der Waals surface area contributed by atoms with Gasteiger partial charge in [-0.25, -0.2) is 0 Å². The zero-order valence-corrected chi connectivity index (χ0v) is 16.6. The molecule has 7 nitrogen and oxygen atoms in total. The summed E-state index contributed by atoms with van der Waals surface area (Å²) in [5.41, 5.74) is 7.19. The molecule has 0 bridgehead atoms. The van der Waals surface area contributed by atoms with Crippen molar-refractivity contribution < 1.29 is 19.0 Å². The average molecular weight is 383 g/mol. The van der Waals surface area contributed by atoms with Crippen molar-refractivity contribution in [3.05, 3.63) is 53.6 Å². The highest BCUT2D eigenvalue weighted by Gasteiger charge is 2.29. The molecule has 1 aromatic heterocycles. The van der Waals surface area contributed by atoms with Gasteiger partial charge in [-0.3, -0.25) is 9.48 Å². The number of primary amides is 1. The fourth-order valence-corrected chi connectivity index (χ4v) is 2.89. The van der Waals surface area contributed by atoms with Crippen molar-refractivity contribution >= 4 is 16.8 Å². The summed E-state index contributed by atoms with van der Waals surface area (Å²) >= 11 is 0. The molecule has 1 heterocycles. The highest BCUT2D eigenvalue weighted by molar-refractivity contribution is 5.87. The number of fused-ring (bicyclic) bond motifs is 1. The summed E-state index contributed by atoms with van der Waals surface area (Å²) < 4.78 is 18.3. The summed E-state index contributed by atoms with van der Waals surface area (Å²) in [6.07, 6.45) is 0. The molecule has 0 atom stereocenters. The Morgan fingerprint density at radius 1 is 1.14 bits per heavy atom. The molecule has 2 N–H and O–H groups in total. The Morgan fingerprint density at radius 3 is 2.61 bits per heavy atom. The Hall–Kier alpha value is -3.06. The van der Waals surface area contributed by atoms with E-state index in [0.717, 1.165) is 27.8 Å². The number of benzene rings is 2. The first-order valence-electron chi connectivity index (χ1n) is 8.94. The van der Waals surface area contributed by atoms with Crippen LogP contribution in [-0.2, 0) is 22.7 Å². The van der Waals surface area contributed by atoms with Crippen molar-refractivity contribution in [3.63, 3.8) is 0 Å². The van der Waals surface area contributed by atoms with Gasteiger partial charge in [-0.1, -0.05) is 18.2 Å². The Kier molecular flexibility index (Phi) is 5.56. The topological polar surface area (TPSA) is 88.6 Å². The number of nitrogens with zero attached hydrogens (tertiary/aromatic N) is 2. The van der Waals surface area contributed by atoms with Crippen LogP contribution in [0.5, 0.6) is 11.6 Å². The van der Waals surface area contributed by atoms with Crippen LogP contribution in [-0.4, -0.2) is 35.5 Å². The van der Waals surface area contributed by atoms with Crippen LogP contribution < -0.4 is 15.2 Å². The van der Waals surface area contributed by atoms with Crippen LogP contribution in [0.15, 0.2) is 42.5 Å². The molecule has 0 fully saturated rings. The third-order valence-electron chi connectivity index (χ3n) is 4.50. The Labute approximate surface area is 164 Å². The van der Waals surface area contributed by atoms with Crippen molar-refractivity contribution in [1.82, 2.24) is 9.78 Å². The van der Waals surface area contributed by atoms with E-state index < -0.39 is 11.5 Å². The number of hydrogen-bond acceptors (Lipinski definition) is 5. The number of aromatic nitrogens is 2. The van der Waals surface area contributed by atoms with Gasteiger partial charge in [-0.2, -0.15) is 0 Å². The van der Waals surface area contributed by atoms with E-state index in [1.54, 1.807) is 28.1 Å². The number of amides is 1. The molecule has 0 saturated carbocycles. The van der Waals surface area contributed by atoms with Crippen LogP contribution in [0.2, 0.25) is 0 Å². The lowest BCUT2D eigenvalue weighted by Crippen LogP contribution is -2.43. The molecular weight excluding hydrogens is 358 g/mol. The second-order valence-corrected chi connectivity index (χ2v) is 7.08. The molecule has 0 aliphatic heterocycles. The number of ether oxygens (including phenoxy) is 3. The number of nitrogens with two attached hydrogens (primary N) is 1. The molecule has 0 saturated heterocycles. The van der Waals surface area contributed by atoms with Crippen LogP contribution in [0.25, 0.3) is 10.9 Å². The molecular formula is C21H25N3O4. The van der Waals surface area contributed by atoms with E-state index in [2.05, 4.69) is 5.10 Å². The summed E-state index contributed by atoms with van der Waals surface area (Å²) in [5, 5.41) is 5.41. The second kappa shape index (κ2) is 7.90. The predicted molar refractivity (Wildman–Crippen MR) is 106 cm³/mol. The molecule has 3 rings (SSSR count). The lowest BCUT2D eigenvalue weighted by Gasteiger charge is -2.21. The molecule has 148 valence electrons. The van der Waals surface area contributed by atoms with Crippen LogP contribution in [0.3, 0.4) is 0 Å². The van der Waals surface area contributed by atoms with E-state index >= 15 is 0 Å². The molecule has 0 aliphatic rings. The fraction of sp³-hybridized carbons (Fsp3) is 0.333. The first kappa shape index (κ1) is 19.7. The van der Waals surface area contributed by atoms with Gasteiger partial charge in [-0.05, 0) is 49.2 Å². The third kappa shape index (κ3) is 4.09.